The Morgan fingerprint density at radius 2 is 1.56 bits per heavy atom. The molecule has 18 heavy (non-hydrogen) atoms. The molecule has 0 bridgehead atoms. The van der Waals surface area contributed by atoms with E-state index in [-0.39, 0.29) is 14.9 Å². The fourth-order valence-corrected chi connectivity index (χ4v) is 2.14. The van der Waals surface area contributed by atoms with Crippen molar-refractivity contribution in [1.29, 1.82) is 0 Å². The quantitative estimate of drug-likeness (QED) is 0.348. The molecule has 0 saturated heterocycles. The molecule has 0 aliphatic rings. The largest absolute Gasteiger partial charge is 0.394 e. The Hall–Kier alpha value is -0.460. The van der Waals surface area contributed by atoms with E-state index in [1.807, 2.05) is 0 Å². The Bertz CT molecular complexity index is 607. The van der Waals surface area contributed by atoms with Crippen LogP contribution in [-0.4, -0.2) is 25.9 Å². The first-order chi connectivity index (χ1) is 7.97. The summed E-state index contributed by atoms with van der Waals surface area (Å²) in [6, 6.07) is 4.09. The Kier molecular flexibility index (Phi) is 6.46. The van der Waals surface area contributed by atoms with E-state index >= 15 is 0 Å². The van der Waals surface area contributed by atoms with Gasteiger partial charge in [-0.05, 0) is 18.2 Å². The van der Waals surface area contributed by atoms with Crippen LogP contribution < -0.4 is 10.7 Å². The van der Waals surface area contributed by atoms with Crippen LogP contribution in [0.1, 0.15) is 0 Å². The maximum atomic E-state index is 11.2. The van der Waals surface area contributed by atoms with Crippen LogP contribution in [0.3, 0.4) is 0 Å². The van der Waals surface area contributed by atoms with Crippen LogP contribution in [0.25, 0.3) is 0 Å². The van der Waals surface area contributed by atoms with E-state index in [1.54, 1.807) is 4.83 Å². The van der Waals surface area contributed by atoms with Gasteiger partial charge in [-0.2, -0.15) is 13.2 Å². The summed E-state index contributed by atoms with van der Waals surface area (Å²) in [4.78, 5) is 1.52. The predicted octanol–water partition coefficient (Wildman–Crippen LogP) is 0.493. The van der Waals surface area contributed by atoms with Crippen molar-refractivity contribution in [2.45, 2.75) is 4.90 Å². The summed E-state index contributed by atoms with van der Waals surface area (Å²) in [5.41, 5.74) is 0. The van der Waals surface area contributed by atoms with Crippen molar-refractivity contribution in [3.05, 3.63) is 28.2 Å². The van der Waals surface area contributed by atoms with Crippen molar-refractivity contribution in [2.24, 2.45) is 5.84 Å². The lowest BCUT2D eigenvalue weighted by atomic mass is 10.4. The fraction of sp³-hybridized carbons (Fsp3) is 0. The molecule has 8 nitrogen and oxygen atoms in total. The van der Waals surface area contributed by atoms with E-state index in [1.165, 1.54) is 18.2 Å². The average Bonchev–Trinajstić information content (AvgIpc) is 2.19. The molecule has 1 rings (SSSR count). The molecule has 0 radical (unpaired) electrons. The van der Waals surface area contributed by atoms with E-state index in [9.17, 15) is 8.42 Å². The molecule has 0 amide bonds. The molecule has 0 fully saturated rings. The summed E-state index contributed by atoms with van der Waals surface area (Å²) >= 11 is 11.2. The first kappa shape index (κ1) is 17.5. The molecule has 1 aromatic carbocycles. The second-order valence-corrected chi connectivity index (χ2v) is 6.07. The van der Waals surface area contributed by atoms with E-state index in [0.717, 1.165) is 0 Å². The van der Waals surface area contributed by atoms with Crippen LogP contribution in [-0.2, 0) is 20.4 Å². The monoisotopic (exact) mass is 338 g/mol. The molecule has 0 saturated carbocycles. The summed E-state index contributed by atoms with van der Waals surface area (Å²) in [5.74, 6) is 4.82. The second kappa shape index (κ2) is 6.63. The Balaban J connectivity index is 0.000000494. The molecule has 5 N–H and O–H groups in total. The summed E-state index contributed by atoms with van der Waals surface area (Å²) in [5, 5.41) is 0.348. The van der Waals surface area contributed by atoms with Crippen LogP contribution in [0.4, 0.5) is 0 Å². The van der Waals surface area contributed by atoms with Crippen LogP contribution in [0, 0.1) is 0 Å². The van der Waals surface area contributed by atoms with Gasteiger partial charge < -0.3 is 0 Å². The highest BCUT2D eigenvalue weighted by Crippen LogP contribution is 2.24. The molecule has 12 heteroatoms. The minimum atomic E-state index is -4.67. The predicted molar refractivity (Wildman–Crippen MR) is 65.1 cm³/mol. The zero-order valence-electron chi connectivity index (χ0n) is 8.41. The zero-order valence-corrected chi connectivity index (χ0v) is 11.6. The first-order valence-corrected chi connectivity index (χ1v) is 7.48. The SMILES string of the molecule is NNS(=O)(=O)c1cc(Cl)ccc1Cl.O=S(=O)(O)O. The van der Waals surface area contributed by atoms with Gasteiger partial charge in [0.2, 0.25) is 0 Å². The number of benzene rings is 1. The highest BCUT2D eigenvalue weighted by atomic mass is 35.5. The first-order valence-electron chi connectivity index (χ1n) is 3.84. The van der Waals surface area contributed by atoms with Gasteiger partial charge in [0.25, 0.3) is 10.0 Å². The molecule has 0 heterocycles. The van der Waals surface area contributed by atoms with Gasteiger partial charge in [0.15, 0.2) is 0 Å². The van der Waals surface area contributed by atoms with Gasteiger partial charge in [-0.25, -0.2) is 8.42 Å². The third-order valence-electron chi connectivity index (χ3n) is 1.34. The fourth-order valence-electron chi connectivity index (χ4n) is 0.747. The maximum absolute atomic E-state index is 11.2. The number of hydrazine groups is 1. The lowest BCUT2D eigenvalue weighted by molar-refractivity contribution is 0.381. The smallest absolute Gasteiger partial charge is 0.264 e. The number of halogens is 2. The lowest BCUT2D eigenvalue weighted by Crippen LogP contribution is -2.30. The van der Waals surface area contributed by atoms with Crippen LogP contribution in [0.2, 0.25) is 10.0 Å². The molecule has 0 aliphatic carbocycles. The molecule has 0 unspecified atom stereocenters. The summed E-state index contributed by atoms with van der Waals surface area (Å²) < 4.78 is 54.0. The van der Waals surface area contributed by atoms with Crippen molar-refractivity contribution < 1.29 is 25.9 Å². The third-order valence-corrected chi connectivity index (χ3v) is 3.24. The third kappa shape index (κ3) is 7.08. The number of nitrogens with one attached hydrogen (secondary N) is 1. The Labute approximate surface area is 113 Å². The number of sulfonamides is 1. The minimum absolute atomic E-state index is 0.0716. The summed E-state index contributed by atoms with van der Waals surface area (Å²) in [6.45, 7) is 0. The van der Waals surface area contributed by atoms with E-state index < -0.39 is 20.4 Å². The highest BCUT2D eigenvalue weighted by Gasteiger charge is 2.16. The average molecular weight is 339 g/mol. The summed E-state index contributed by atoms with van der Waals surface area (Å²) in [7, 11) is -8.41. The van der Waals surface area contributed by atoms with Crippen molar-refractivity contribution >= 4 is 43.6 Å². The number of rotatable bonds is 2. The minimum Gasteiger partial charge on any atom is -0.264 e. The Morgan fingerprint density at radius 1 is 1.11 bits per heavy atom. The van der Waals surface area contributed by atoms with Crippen molar-refractivity contribution in [2.75, 3.05) is 0 Å². The van der Waals surface area contributed by atoms with Gasteiger partial charge in [-0.3, -0.25) is 14.9 Å². The normalized spacial score (nSPS) is 11.6. The summed E-state index contributed by atoms with van der Waals surface area (Å²) in [6.07, 6.45) is 0. The number of nitrogens with two attached hydrogens (primary N) is 1. The van der Waals surface area contributed by atoms with Gasteiger partial charge in [-0.1, -0.05) is 23.2 Å². The van der Waals surface area contributed by atoms with Gasteiger partial charge in [-0.15, -0.1) is 0 Å². The van der Waals surface area contributed by atoms with Crippen LogP contribution in [0.5, 0.6) is 0 Å². The molecule has 0 spiro atoms. The van der Waals surface area contributed by atoms with E-state index in [2.05, 4.69) is 0 Å². The Morgan fingerprint density at radius 3 is 1.94 bits per heavy atom. The second-order valence-electron chi connectivity index (χ2n) is 2.64. The van der Waals surface area contributed by atoms with Crippen LogP contribution >= 0.6 is 23.2 Å². The maximum Gasteiger partial charge on any atom is 0.394 e. The van der Waals surface area contributed by atoms with Crippen molar-refractivity contribution in [3.63, 3.8) is 0 Å². The van der Waals surface area contributed by atoms with Crippen molar-refractivity contribution in [3.8, 4) is 0 Å². The van der Waals surface area contributed by atoms with E-state index in [0.29, 0.717) is 0 Å². The molecule has 0 aromatic heterocycles. The number of hydrogen-bond donors (Lipinski definition) is 4. The van der Waals surface area contributed by atoms with Crippen LogP contribution in [0.15, 0.2) is 23.1 Å². The van der Waals surface area contributed by atoms with Gasteiger partial charge in [0.1, 0.15) is 4.90 Å². The molecule has 1 aromatic rings. The molecule has 104 valence electrons. The highest BCUT2D eigenvalue weighted by molar-refractivity contribution is 7.89. The number of hydrogen-bond acceptors (Lipinski definition) is 5. The molecular formula is C6H8Cl2N2O6S2. The topological polar surface area (TPSA) is 147 Å². The van der Waals surface area contributed by atoms with Gasteiger partial charge >= 0.3 is 10.4 Å². The van der Waals surface area contributed by atoms with Crippen molar-refractivity contribution in [1.82, 2.24) is 4.83 Å². The van der Waals surface area contributed by atoms with Gasteiger partial charge in [0, 0.05) is 5.02 Å². The zero-order chi connectivity index (χ0) is 14.6. The van der Waals surface area contributed by atoms with E-state index in [4.69, 9.17) is 46.6 Å². The standard InChI is InChI=1S/C6H6Cl2N2O2S.H2O4S/c7-4-1-2-5(8)6(3-4)13(11,12)10-9;1-5(2,3)4/h1-3,10H,9H2;(H2,1,2,3,4). The molecule has 0 atom stereocenters. The molecule has 0 aliphatic heterocycles. The van der Waals surface area contributed by atoms with Gasteiger partial charge in [0.05, 0.1) is 5.02 Å². The lowest BCUT2D eigenvalue weighted by Gasteiger charge is -2.04. The molecular weight excluding hydrogens is 331 g/mol.